The molecule has 0 fully saturated rings. The molecule has 3 heteroatoms. The summed E-state index contributed by atoms with van der Waals surface area (Å²) in [6.07, 6.45) is 14.9. The lowest BCUT2D eigenvalue weighted by atomic mass is 9.79. The third-order valence-corrected chi connectivity index (χ3v) is 6.76. The Kier molecular flexibility index (Phi) is 4.96. The molecule has 3 aliphatic rings. The highest BCUT2D eigenvalue weighted by Gasteiger charge is 2.33. The number of nitrogens with one attached hydrogen (secondary N) is 1. The Morgan fingerprint density at radius 3 is 2.93 bits per heavy atom. The molecule has 0 saturated heterocycles. The predicted octanol–water partition coefficient (Wildman–Crippen LogP) is 5.02. The van der Waals surface area contributed by atoms with E-state index in [0.29, 0.717) is 11.1 Å². The van der Waals surface area contributed by atoms with Crippen LogP contribution in [0.5, 0.6) is 0 Å². The van der Waals surface area contributed by atoms with Gasteiger partial charge in [-0.1, -0.05) is 91.9 Å². The van der Waals surface area contributed by atoms with Crippen LogP contribution in [0.25, 0.3) is 17.7 Å². The minimum atomic E-state index is -0.109. The zero-order valence-electron chi connectivity index (χ0n) is 17.1. The minimum absolute atomic E-state index is 0.109. The summed E-state index contributed by atoms with van der Waals surface area (Å²) in [5.74, 6) is 0.480. The third kappa shape index (κ3) is 3.16. The molecule has 2 aromatic rings. The first-order valence-electron chi connectivity index (χ1n) is 10.6. The highest BCUT2D eigenvalue weighted by atomic mass is 35.5. The van der Waals surface area contributed by atoms with Gasteiger partial charge in [0.25, 0.3) is 0 Å². The number of aliphatic imine (C=N–C) groups is 1. The molecule has 2 aliphatic carbocycles. The number of fused-ring (bicyclic) bond motifs is 4. The number of anilines is 1. The summed E-state index contributed by atoms with van der Waals surface area (Å²) in [6.45, 7) is 6.12. The van der Waals surface area contributed by atoms with Crippen LogP contribution in [-0.4, -0.2) is 11.3 Å². The largest absolute Gasteiger partial charge is 0.362 e. The van der Waals surface area contributed by atoms with Crippen molar-refractivity contribution in [3.8, 4) is 0 Å². The quantitative estimate of drug-likeness (QED) is 0.703. The van der Waals surface area contributed by atoms with E-state index >= 15 is 0 Å². The van der Waals surface area contributed by atoms with Crippen molar-refractivity contribution in [1.29, 1.82) is 0 Å². The zero-order chi connectivity index (χ0) is 20.7. The Morgan fingerprint density at radius 1 is 1.20 bits per heavy atom. The fourth-order valence-electron chi connectivity index (χ4n) is 4.88. The summed E-state index contributed by atoms with van der Waals surface area (Å²) >= 11 is 6.71. The molecule has 2 nitrogen and oxygen atoms in total. The Hall–Kier alpha value is -2.84. The van der Waals surface area contributed by atoms with Crippen LogP contribution in [0, 0.1) is 11.8 Å². The van der Waals surface area contributed by atoms with Gasteiger partial charge in [0.05, 0.1) is 5.69 Å². The van der Waals surface area contributed by atoms with Gasteiger partial charge in [0.1, 0.15) is 11.3 Å². The van der Waals surface area contributed by atoms with Gasteiger partial charge >= 0.3 is 0 Å². The van der Waals surface area contributed by atoms with Crippen molar-refractivity contribution in [3.63, 3.8) is 0 Å². The molecule has 0 saturated carbocycles. The smallest absolute Gasteiger partial charge is 0.135 e. The number of allylic oxidation sites excluding steroid dienone is 4. The van der Waals surface area contributed by atoms with E-state index in [1.807, 2.05) is 12.2 Å². The Morgan fingerprint density at radius 2 is 2.07 bits per heavy atom. The summed E-state index contributed by atoms with van der Waals surface area (Å²) in [5.41, 5.74) is 6.07. The maximum Gasteiger partial charge on any atom is 0.135 e. The first-order valence-corrected chi connectivity index (χ1v) is 11.0. The van der Waals surface area contributed by atoms with Crippen LogP contribution in [-0.2, 0) is 6.42 Å². The molecule has 30 heavy (non-hydrogen) atoms. The molecule has 3 atom stereocenters. The van der Waals surface area contributed by atoms with Crippen molar-refractivity contribution in [3.05, 3.63) is 94.4 Å². The van der Waals surface area contributed by atoms with Crippen LogP contribution < -0.4 is 15.8 Å². The van der Waals surface area contributed by atoms with E-state index in [1.54, 1.807) is 0 Å². The van der Waals surface area contributed by atoms with E-state index in [0.717, 1.165) is 24.1 Å². The van der Waals surface area contributed by atoms with Gasteiger partial charge in [0.15, 0.2) is 0 Å². The van der Waals surface area contributed by atoms with Crippen LogP contribution in [0.1, 0.15) is 30.0 Å². The molecule has 1 unspecified atom stereocenters. The summed E-state index contributed by atoms with van der Waals surface area (Å²) in [5, 5.41) is 6.88. The van der Waals surface area contributed by atoms with E-state index in [4.69, 9.17) is 16.6 Å². The van der Waals surface area contributed by atoms with Crippen LogP contribution in [0.4, 0.5) is 5.69 Å². The number of hydrogen-bond donors (Lipinski definition) is 1. The molecule has 0 radical (unpaired) electrons. The van der Waals surface area contributed by atoms with Gasteiger partial charge in [-0.15, -0.1) is 0 Å². The normalized spacial score (nSPS) is 24.3. The molecule has 150 valence electrons. The summed E-state index contributed by atoms with van der Waals surface area (Å²) < 4.78 is 0. The van der Waals surface area contributed by atoms with Crippen molar-refractivity contribution in [2.75, 3.05) is 5.32 Å². The summed E-state index contributed by atoms with van der Waals surface area (Å²) in [6, 6.07) is 12.9. The topological polar surface area (TPSA) is 24.4 Å². The Bertz CT molecular complexity index is 1230. The number of halogens is 1. The van der Waals surface area contributed by atoms with Crippen molar-refractivity contribution >= 4 is 40.2 Å². The molecule has 2 aromatic carbocycles. The monoisotopic (exact) mass is 412 g/mol. The average molecular weight is 413 g/mol. The lowest BCUT2D eigenvalue weighted by Gasteiger charge is -2.35. The second-order valence-electron chi connectivity index (χ2n) is 8.18. The van der Waals surface area contributed by atoms with E-state index in [9.17, 15) is 0 Å². The standard InChI is InChI=1S/C27H25ClN2/c1-3-4-11-20-17(2)24(16-19-10-6-7-12-21(19)20)27-29-25-22-13-8-5-9-18(22)14-15-23(25)26(28)30-27/h3-4,6-8,10-17,24,27,29H,1,5,9H2,2H3/b11-4-/t17?,24-,27-/m1/s1. The second-order valence-corrected chi connectivity index (χ2v) is 8.54. The van der Waals surface area contributed by atoms with Crippen molar-refractivity contribution in [2.24, 2.45) is 16.8 Å². The van der Waals surface area contributed by atoms with Gasteiger partial charge in [-0.3, -0.25) is 0 Å². The molecule has 1 heterocycles. The average Bonchev–Trinajstić information content (AvgIpc) is 2.78. The van der Waals surface area contributed by atoms with E-state index in [1.165, 1.54) is 27.1 Å². The van der Waals surface area contributed by atoms with Crippen LogP contribution >= 0.6 is 11.6 Å². The first kappa shape index (κ1) is 19.1. The summed E-state index contributed by atoms with van der Waals surface area (Å²) in [7, 11) is 0. The number of nitrogens with zero attached hydrogens (tertiary/aromatic N) is 1. The number of rotatable bonds is 3. The zero-order valence-corrected chi connectivity index (χ0v) is 17.9. The van der Waals surface area contributed by atoms with Crippen LogP contribution in [0.15, 0.2) is 72.3 Å². The van der Waals surface area contributed by atoms with Gasteiger partial charge < -0.3 is 5.32 Å². The molecule has 5 rings (SSSR count). The lowest BCUT2D eigenvalue weighted by molar-refractivity contribution is 0.476. The molecule has 0 amide bonds. The minimum Gasteiger partial charge on any atom is -0.362 e. The Labute approximate surface area is 182 Å². The van der Waals surface area contributed by atoms with E-state index < -0.39 is 0 Å². The van der Waals surface area contributed by atoms with Gasteiger partial charge in [0.2, 0.25) is 0 Å². The number of benzene rings is 2. The molecular weight excluding hydrogens is 388 g/mol. The summed E-state index contributed by atoms with van der Waals surface area (Å²) in [4.78, 5) is 4.89. The number of aryl methyl sites for hydroxylation is 1. The second kappa shape index (κ2) is 7.77. The van der Waals surface area contributed by atoms with E-state index in [2.05, 4.69) is 79.5 Å². The SMILES string of the molecule is C=C/C=C\C1=c2ccccc2=C[C@@H]([C@H]2N=C(Cl)c3ccc4c(c3N2)C=CCC4)C1C. The highest BCUT2D eigenvalue weighted by molar-refractivity contribution is 6.70. The first-order chi connectivity index (χ1) is 14.7. The molecule has 0 bridgehead atoms. The molecule has 1 N–H and O–H groups in total. The maximum atomic E-state index is 6.71. The van der Waals surface area contributed by atoms with Crippen molar-refractivity contribution in [1.82, 2.24) is 0 Å². The van der Waals surface area contributed by atoms with Crippen LogP contribution in [0.3, 0.4) is 0 Å². The lowest BCUT2D eigenvalue weighted by Crippen LogP contribution is -2.42. The fourth-order valence-corrected chi connectivity index (χ4v) is 5.14. The van der Waals surface area contributed by atoms with Crippen LogP contribution in [0.2, 0.25) is 0 Å². The molecular formula is C27H25ClN2. The fraction of sp³-hybridized carbons (Fsp3) is 0.222. The highest BCUT2D eigenvalue weighted by Crippen LogP contribution is 2.38. The third-order valence-electron chi connectivity index (χ3n) is 6.46. The molecule has 1 aliphatic heterocycles. The molecule has 0 aromatic heterocycles. The van der Waals surface area contributed by atoms with Crippen molar-refractivity contribution < 1.29 is 0 Å². The van der Waals surface area contributed by atoms with Gasteiger partial charge in [-0.2, -0.15) is 0 Å². The Balaban J connectivity index is 1.61. The molecule has 0 spiro atoms. The van der Waals surface area contributed by atoms with Crippen molar-refractivity contribution in [2.45, 2.75) is 25.9 Å². The maximum absolute atomic E-state index is 6.71. The van der Waals surface area contributed by atoms with Gasteiger partial charge in [0, 0.05) is 17.0 Å². The van der Waals surface area contributed by atoms with Gasteiger partial charge in [-0.25, -0.2) is 4.99 Å². The number of hydrogen-bond acceptors (Lipinski definition) is 2. The van der Waals surface area contributed by atoms with E-state index in [-0.39, 0.29) is 12.1 Å². The van der Waals surface area contributed by atoms with Gasteiger partial charge in [-0.05, 0) is 46.4 Å². The predicted molar refractivity (Wildman–Crippen MR) is 129 cm³/mol.